The molecule has 9 heteroatoms. The second-order valence-corrected chi connectivity index (χ2v) is 6.74. The molecular formula is C16H16FNO6S. The fraction of sp³-hybridized carbons (Fsp3) is 0.188. The molecule has 0 saturated heterocycles. The molecular weight excluding hydrogens is 353 g/mol. The van der Waals surface area contributed by atoms with E-state index in [2.05, 4.69) is 4.72 Å². The number of benzene rings is 2. The highest BCUT2D eigenvalue weighted by Crippen LogP contribution is 2.29. The molecule has 0 atom stereocenters. The Morgan fingerprint density at radius 1 is 1.08 bits per heavy atom. The van der Waals surface area contributed by atoms with Crippen LogP contribution in [0.1, 0.15) is 15.9 Å². The molecule has 0 unspecified atom stereocenters. The molecule has 134 valence electrons. The zero-order valence-corrected chi connectivity index (χ0v) is 14.5. The van der Waals surface area contributed by atoms with E-state index in [0.29, 0.717) is 11.5 Å². The number of carbonyl (C=O) groups is 1. The number of carboxylic acids is 1. The Morgan fingerprint density at radius 3 is 2.12 bits per heavy atom. The zero-order chi connectivity index (χ0) is 18.8. The molecule has 0 aliphatic carbocycles. The van der Waals surface area contributed by atoms with Crippen LogP contribution in [0.4, 0.5) is 10.1 Å². The predicted octanol–water partition coefficient (Wildman–Crippen LogP) is 2.65. The summed E-state index contributed by atoms with van der Waals surface area (Å²) < 4.78 is 51.5. The lowest BCUT2D eigenvalue weighted by Crippen LogP contribution is -2.16. The van der Waals surface area contributed by atoms with Crippen LogP contribution in [-0.4, -0.2) is 33.7 Å². The van der Waals surface area contributed by atoms with E-state index in [1.54, 1.807) is 6.07 Å². The largest absolute Gasteiger partial charge is 0.497 e. The predicted molar refractivity (Wildman–Crippen MR) is 88.5 cm³/mol. The van der Waals surface area contributed by atoms with E-state index in [0.717, 1.165) is 12.1 Å². The molecule has 0 fully saturated rings. The average molecular weight is 369 g/mol. The summed E-state index contributed by atoms with van der Waals surface area (Å²) in [5.74, 6) is -1.67. The number of methoxy groups -OCH3 is 2. The van der Waals surface area contributed by atoms with E-state index < -0.39 is 32.3 Å². The van der Waals surface area contributed by atoms with Crippen LogP contribution in [0.3, 0.4) is 0 Å². The summed E-state index contributed by atoms with van der Waals surface area (Å²) in [6, 6.07) is 6.04. The van der Waals surface area contributed by atoms with Crippen LogP contribution < -0.4 is 14.2 Å². The first-order chi connectivity index (χ1) is 11.7. The molecule has 0 radical (unpaired) electrons. The van der Waals surface area contributed by atoms with E-state index in [1.165, 1.54) is 33.3 Å². The molecule has 0 saturated carbocycles. The maximum atomic E-state index is 13.9. The molecule has 7 nitrogen and oxygen atoms in total. The Kier molecular flexibility index (Phi) is 5.17. The third kappa shape index (κ3) is 4.00. The number of rotatable bonds is 6. The molecule has 0 spiro atoms. The quantitative estimate of drug-likeness (QED) is 0.812. The molecule has 0 bridgehead atoms. The SMILES string of the molecule is COc1cc(NS(=O)(=O)c2cc(C(=O)O)cc(F)c2C)cc(OC)c1. The Morgan fingerprint density at radius 2 is 1.64 bits per heavy atom. The monoisotopic (exact) mass is 369 g/mol. The first-order valence-electron chi connectivity index (χ1n) is 6.97. The highest BCUT2D eigenvalue weighted by Gasteiger charge is 2.22. The van der Waals surface area contributed by atoms with Gasteiger partial charge >= 0.3 is 5.97 Å². The fourth-order valence-electron chi connectivity index (χ4n) is 2.13. The molecule has 0 aromatic heterocycles. The molecule has 2 aromatic carbocycles. The number of sulfonamides is 1. The maximum absolute atomic E-state index is 13.9. The van der Waals surface area contributed by atoms with E-state index >= 15 is 0 Å². The summed E-state index contributed by atoms with van der Waals surface area (Å²) in [5.41, 5.74) is -0.532. The van der Waals surface area contributed by atoms with Crippen LogP contribution in [0.2, 0.25) is 0 Å². The van der Waals surface area contributed by atoms with Crippen LogP contribution in [-0.2, 0) is 10.0 Å². The topological polar surface area (TPSA) is 102 Å². The average Bonchev–Trinajstić information content (AvgIpc) is 2.55. The van der Waals surface area contributed by atoms with Gasteiger partial charge in [0.15, 0.2) is 0 Å². The Hall–Kier alpha value is -2.81. The normalized spacial score (nSPS) is 11.0. The minimum Gasteiger partial charge on any atom is -0.497 e. The Balaban J connectivity index is 2.52. The molecule has 0 amide bonds. The molecule has 2 aromatic rings. The van der Waals surface area contributed by atoms with Crippen molar-refractivity contribution in [2.45, 2.75) is 11.8 Å². The van der Waals surface area contributed by atoms with E-state index in [9.17, 15) is 17.6 Å². The van der Waals surface area contributed by atoms with Crippen LogP contribution >= 0.6 is 0 Å². The van der Waals surface area contributed by atoms with Gasteiger partial charge in [-0.3, -0.25) is 4.72 Å². The van der Waals surface area contributed by atoms with Gasteiger partial charge in [-0.15, -0.1) is 0 Å². The lowest BCUT2D eigenvalue weighted by atomic mass is 10.1. The number of hydrogen-bond acceptors (Lipinski definition) is 5. The summed E-state index contributed by atoms with van der Waals surface area (Å²) >= 11 is 0. The van der Waals surface area contributed by atoms with E-state index in [-0.39, 0.29) is 11.3 Å². The van der Waals surface area contributed by atoms with Gasteiger partial charge in [0, 0.05) is 23.8 Å². The molecule has 0 aliphatic rings. The van der Waals surface area contributed by atoms with Crippen molar-refractivity contribution in [3.63, 3.8) is 0 Å². The second-order valence-electron chi connectivity index (χ2n) is 5.09. The number of anilines is 1. The third-order valence-electron chi connectivity index (χ3n) is 3.44. The van der Waals surface area contributed by atoms with E-state index in [1.807, 2.05) is 0 Å². The third-order valence-corrected chi connectivity index (χ3v) is 4.94. The number of hydrogen-bond donors (Lipinski definition) is 2. The smallest absolute Gasteiger partial charge is 0.335 e. The van der Waals surface area contributed by atoms with Gasteiger partial charge in [0.1, 0.15) is 17.3 Å². The molecule has 2 rings (SSSR count). The lowest BCUT2D eigenvalue weighted by molar-refractivity contribution is 0.0696. The standard InChI is InChI=1S/C16H16FNO6S/c1-9-14(17)4-10(16(19)20)5-15(9)25(21,22)18-11-6-12(23-2)8-13(7-11)24-3/h4-8,18H,1-3H3,(H,19,20). The van der Waals surface area contributed by atoms with Crippen molar-refractivity contribution >= 4 is 21.7 Å². The van der Waals surface area contributed by atoms with Crippen LogP contribution in [0.5, 0.6) is 11.5 Å². The van der Waals surface area contributed by atoms with Gasteiger partial charge in [-0.1, -0.05) is 0 Å². The maximum Gasteiger partial charge on any atom is 0.335 e. The second kappa shape index (κ2) is 6.98. The minimum atomic E-state index is -4.24. The number of halogens is 1. The molecule has 0 heterocycles. The van der Waals surface area contributed by atoms with Crippen molar-refractivity contribution in [3.05, 3.63) is 47.3 Å². The van der Waals surface area contributed by atoms with Crippen molar-refractivity contribution in [2.75, 3.05) is 18.9 Å². The number of carboxylic acid groups (broad SMARTS) is 1. The lowest BCUT2D eigenvalue weighted by Gasteiger charge is -2.13. The van der Waals surface area contributed by atoms with Crippen LogP contribution in [0.25, 0.3) is 0 Å². The highest BCUT2D eigenvalue weighted by atomic mass is 32.2. The van der Waals surface area contributed by atoms with Gasteiger partial charge in [0.05, 0.1) is 30.4 Å². The van der Waals surface area contributed by atoms with Gasteiger partial charge in [-0.25, -0.2) is 17.6 Å². The number of ether oxygens (including phenoxy) is 2. The summed E-state index contributed by atoms with van der Waals surface area (Å²) in [6.45, 7) is 1.25. The highest BCUT2D eigenvalue weighted by molar-refractivity contribution is 7.92. The summed E-state index contributed by atoms with van der Waals surface area (Å²) in [7, 11) is -1.43. The summed E-state index contributed by atoms with van der Waals surface area (Å²) in [6.07, 6.45) is 0. The summed E-state index contributed by atoms with van der Waals surface area (Å²) in [5, 5.41) is 9.00. The van der Waals surface area contributed by atoms with Gasteiger partial charge in [-0.05, 0) is 19.1 Å². The zero-order valence-electron chi connectivity index (χ0n) is 13.7. The first-order valence-corrected chi connectivity index (χ1v) is 8.45. The van der Waals surface area contributed by atoms with Gasteiger partial charge in [-0.2, -0.15) is 0 Å². The van der Waals surface area contributed by atoms with Crippen molar-refractivity contribution in [1.29, 1.82) is 0 Å². The first kappa shape index (κ1) is 18.5. The van der Waals surface area contributed by atoms with Gasteiger partial charge < -0.3 is 14.6 Å². The van der Waals surface area contributed by atoms with Crippen molar-refractivity contribution in [2.24, 2.45) is 0 Å². The van der Waals surface area contributed by atoms with Crippen LogP contribution in [0.15, 0.2) is 35.2 Å². The molecule has 2 N–H and O–H groups in total. The Labute approximate surface area is 144 Å². The van der Waals surface area contributed by atoms with Crippen LogP contribution in [0, 0.1) is 12.7 Å². The summed E-state index contributed by atoms with van der Waals surface area (Å²) in [4.78, 5) is 10.6. The number of nitrogens with one attached hydrogen (secondary N) is 1. The van der Waals surface area contributed by atoms with Gasteiger partial charge in [0.25, 0.3) is 10.0 Å². The van der Waals surface area contributed by atoms with Crippen molar-refractivity contribution in [1.82, 2.24) is 0 Å². The molecule has 25 heavy (non-hydrogen) atoms. The number of aromatic carboxylic acids is 1. The van der Waals surface area contributed by atoms with Crippen molar-refractivity contribution in [3.8, 4) is 11.5 Å². The van der Waals surface area contributed by atoms with E-state index in [4.69, 9.17) is 14.6 Å². The minimum absolute atomic E-state index is 0.122. The van der Waals surface area contributed by atoms with Gasteiger partial charge in [0.2, 0.25) is 0 Å². The molecule has 0 aliphatic heterocycles. The fourth-order valence-corrected chi connectivity index (χ4v) is 3.45. The van der Waals surface area contributed by atoms with Crippen molar-refractivity contribution < 1.29 is 32.2 Å². The Bertz CT molecular complexity index is 904.